The summed E-state index contributed by atoms with van der Waals surface area (Å²) in [5.74, 6) is 1.69. The van der Waals surface area contributed by atoms with Crippen LogP contribution >= 0.6 is 0 Å². The minimum absolute atomic E-state index is 0.0782. The van der Waals surface area contributed by atoms with Crippen molar-refractivity contribution in [1.29, 1.82) is 0 Å². The minimum Gasteiger partial charge on any atom is -0.370 e. The van der Waals surface area contributed by atoms with E-state index in [-0.39, 0.29) is 6.10 Å². The SMILES string of the molecule is CCOC(c1noc(CN2CCNCC2)n1)C(C)C. The van der Waals surface area contributed by atoms with Crippen LogP contribution in [-0.4, -0.2) is 47.8 Å². The summed E-state index contributed by atoms with van der Waals surface area (Å²) in [5, 5.41) is 7.40. The first-order chi connectivity index (χ1) is 9.20. The lowest BCUT2D eigenvalue weighted by Crippen LogP contribution is -2.42. The van der Waals surface area contributed by atoms with Crippen molar-refractivity contribution in [2.75, 3.05) is 32.8 Å². The average Bonchev–Trinajstić information content (AvgIpc) is 2.85. The molecule has 1 N–H and O–H groups in total. The van der Waals surface area contributed by atoms with E-state index in [1.54, 1.807) is 0 Å². The van der Waals surface area contributed by atoms with Crippen LogP contribution in [-0.2, 0) is 11.3 Å². The van der Waals surface area contributed by atoms with Crippen molar-refractivity contribution in [3.8, 4) is 0 Å². The van der Waals surface area contributed by atoms with Crippen molar-refractivity contribution in [2.45, 2.75) is 33.4 Å². The van der Waals surface area contributed by atoms with Gasteiger partial charge in [-0.15, -0.1) is 0 Å². The van der Waals surface area contributed by atoms with Gasteiger partial charge < -0.3 is 14.6 Å². The Morgan fingerprint density at radius 2 is 2.11 bits per heavy atom. The average molecular weight is 268 g/mol. The molecule has 1 atom stereocenters. The van der Waals surface area contributed by atoms with E-state index in [4.69, 9.17) is 9.26 Å². The molecule has 6 heteroatoms. The van der Waals surface area contributed by atoms with E-state index in [1.165, 1.54) is 0 Å². The van der Waals surface area contributed by atoms with E-state index in [0.717, 1.165) is 32.7 Å². The molecule has 2 heterocycles. The van der Waals surface area contributed by atoms with Crippen LogP contribution in [0.15, 0.2) is 4.52 Å². The Labute approximate surface area is 114 Å². The molecule has 1 unspecified atom stereocenters. The number of nitrogens with zero attached hydrogens (tertiary/aromatic N) is 3. The maximum Gasteiger partial charge on any atom is 0.240 e. The van der Waals surface area contributed by atoms with E-state index in [1.807, 2.05) is 6.92 Å². The lowest BCUT2D eigenvalue weighted by Gasteiger charge is -2.25. The van der Waals surface area contributed by atoms with Gasteiger partial charge in [0.15, 0.2) is 0 Å². The fourth-order valence-electron chi connectivity index (χ4n) is 2.25. The van der Waals surface area contributed by atoms with E-state index in [0.29, 0.717) is 24.2 Å². The van der Waals surface area contributed by atoms with Crippen molar-refractivity contribution < 1.29 is 9.26 Å². The van der Waals surface area contributed by atoms with E-state index in [2.05, 4.69) is 34.2 Å². The van der Waals surface area contributed by atoms with Gasteiger partial charge in [0.25, 0.3) is 0 Å². The maximum absolute atomic E-state index is 5.68. The van der Waals surface area contributed by atoms with Crippen molar-refractivity contribution in [3.05, 3.63) is 11.7 Å². The molecule has 2 rings (SSSR count). The predicted molar refractivity (Wildman–Crippen MR) is 71.6 cm³/mol. The van der Waals surface area contributed by atoms with Crippen LogP contribution in [0, 0.1) is 5.92 Å². The number of rotatable bonds is 6. The highest BCUT2D eigenvalue weighted by Gasteiger charge is 2.23. The summed E-state index contributed by atoms with van der Waals surface area (Å²) in [6.45, 7) is 11.7. The van der Waals surface area contributed by atoms with Gasteiger partial charge >= 0.3 is 0 Å². The molecule has 19 heavy (non-hydrogen) atoms. The van der Waals surface area contributed by atoms with Crippen molar-refractivity contribution in [3.63, 3.8) is 0 Å². The molecular weight excluding hydrogens is 244 g/mol. The fourth-order valence-corrected chi connectivity index (χ4v) is 2.25. The number of piperazine rings is 1. The first-order valence-electron chi connectivity index (χ1n) is 7.08. The highest BCUT2D eigenvalue weighted by atomic mass is 16.5. The fraction of sp³-hybridized carbons (Fsp3) is 0.846. The van der Waals surface area contributed by atoms with Gasteiger partial charge in [-0.3, -0.25) is 4.90 Å². The Balaban J connectivity index is 1.96. The van der Waals surface area contributed by atoms with Gasteiger partial charge in [-0.25, -0.2) is 0 Å². The lowest BCUT2D eigenvalue weighted by atomic mass is 10.1. The first-order valence-corrected chi connectivity index (χ1v) is 7.08. The molecular formula is C13H24N4O2. The molecule has 0 radical (unpaired) electrons. The molecule has 1 aromatic heterocycles. The predicted octanol–water partition coefficient (Wildman–Crippen LogP) is 1.21. The summed E-state index contributed by atoms with van der Waals surface area (Å²) in [6, 6.07) is 0. The molecule has 1 aromatic rings. The number of aromatic nitrogens is 2. The van der Waals surface area contributed by atoms with Crippen LogP contribution in [0.3, 0.4) is 0 Å². The quantitative estimate of drug-likeness (QED) is 0.836. The zero-order valence-corrected chi connectivity index (χ0v) is 12.1. The van der Waals surface area contributed by atoms with Crippen LogP contribution in [0.5, 0.6) is 0 Å². The molecule has 0 aliphatic carbocycles. The second-order valence-corrected chi connectivity index (χ2v) is 5.19. The summed E-state index contributed by atoms with van der Waals surface area (Å²) >= 11 is 0. The number of hydrogen-bond acceptors (Lipinski definition) is 6. The molecule has 0 bridgehead atoms. The van der Waals surface area contributed by atoms with Crippen molar-refractivity contribution in [1.82, 2.24) is 20.4 Å². The summed E-state index contributed by atoms with van der Waals surface area (Å²) in [4.78, 5) is 6.80. The van der Waals surface area contributed by atoms with Gasteiger partial charge in [0.1, 0.15) is 6.10 Å². The Hall–Kier alpha value is -0.980. The highest BCUT2D eigenvalue weighted by molar-refractivity contribution is 4.93. The molecule has 1 fully saturated rings. The summed E-state index contributed by atoms with van der Waals surface area (Å²) in [6.07, 6.45) is -0.0782. The number of nitrogens with one attached hydrogen (secondary N) is 1. The molecule has 6 nitrogen and oxygen atoms in total. The molecule has 0 saturated carbocycles. The Morgan fingerprint density at radius 1 is 1.37 bits per heavy atom. The van der Waals surface area contributed by atoms with Crippen LogP contribution < -0.4 is 5.32 Å². The normalized spacial score (nSPS) is 18.9. The number of ether oxygens (including phenoxy) is 1. The van der Waals surface area contributed by atoms with Gasteiger partial charge in [0.2, 0.25) is 11.7 Å². The third-order valence-corrected chi connectivity index (χ3v) is 3.26. The molecule has 108 valence electrons. The Morgan fingerprint density at radius 3 is 2.74 bits per heavy atom. The Bertz CT molecular complexity index is 374. The van der Waals surface area contributed by atoms with Gasteiger partial charge in [-0.1, -0.05) is 19.0 Å². The number of hydrogen-bond donors (Lipinski definition) is 1. The minimum atomic E-state index is -0.0782. The smallest absolute Gasteiger partial charge is 0.240 e. The van der Waals surface area contributed by atoms with E-state index in [9.17, 15) is 0 Å². The maximum atomic E-state index is 5.68. The Kier molecular flexibility index (Phi) is 5.30. The third-order valence-electron chi connectivity index (χ3n) is 3.26. The van der Waals surface area contributed by atoms with E-state index < -0.39 is 0 Å². The van der Waals surface area contributed by atoms with Gasteiger partial charge in [-0.05, 0) is 12.8 Å². The zero-order valence-electron chi connectivity index (χ0n) is 12.1. The molecule has 0 amide bonds. The third kappa shape index (κ3) is 3.99. The van der Waals surface area contributed by atoms with Crippen LogP contribution in [0.4, 0.5) is 0 Å². The molecule has 0 aromatic carbocycles. The van der Waals surface area contributed by atoms with Crippen molar-refractivity contribution >= 4 is 0 Å². The van der Waals surface area contributed by atoms with Gasteiger partial charge in [0.05, 0.1) is 6.54 Å². The monoisotopic (exact) mass is 268 g/mol. The highest BCUT2D eigenvalue weighted by Crippen LogP contribution is 2.23. The molecule has 0 spiro atoms. The topological polar surface area (TPSA) is 63.4 Å². The largest absolute Gasteiger partial charge is 0.370 e. The second kappa shape index (κ2) is 6.98. The van der Waals surface area contributed by atoms with E-state index >= 15 is 0 Å². The first kappa shape index (κ1) is 14.4. The van der Waals surface area contributed by atoms with Crippen molar-refractivity contribution in [2.24, 2.45) is 5.92 Å². The van der Waals surface area contributed by atoms with Crippen LogP contribution in [0.25, 0.3) is 0 Å². The van der Waals surface area contributed by atoms with Gasteiger partial charge in [-0.2, -0.15) is 4.98 Å². The van der Waals surface area contributed by atoms with Gasteiger partial charge in [0, 0.05) is 32.8 Å². The second-order valence-electron chi connectivity index (χ2n) is 5.19. The summed E-state index contributed by atoms with van der Waals surface area (Å²) in [7, 11) is 0. The standard InChI is InChI=1S/C13H24N4O2/c1-4-18-12(10(2)3)13-15-11(19-16-13)9-17-7-5-14-6-8-17/h10,12,14H,4-9H2,1-3H3. The van der Waals surface area contributed by atoms with Crippen LogP contribution in [0.2, 0.25) is 0 Å². The molecule has 1 aliphatic heterocycles. The lowest BCUT2D eigenvalue weighted by molar-refractivity contribution is 0.0217. The molecule has 1 saturated heterocycles. The summed E-state index contributed by atoms with van der Waals surface area (Å²) in [5.41, 5.74) is 0. The zero-order chi connectivity index (χ0) is 13.7. The summed E-state index contributed by atoms with van der Waals surface area (Å²) < 4.78 is 11.0. The van der Waals surface area contributed by atoms with Crippen LogP contribution in [0.1, 0.15) is 38.6 Å². The molecule has 1 aliphatic rings.